The Hall–Kier alpha value is -1.58. The summed E-state index contributed by atoms with van der Waals surface area (Å²) in [5.41, 5.74) is 7.62. The molecule has 0 saturated heterocycles. The number of hydrogen-bond donors (Lipinski definition) is 1. The molecule has 1 heterocycles. The monoisotopic (exact) mass is 233 g/mol. The number of fused-ring (bicyclic) bond motifs is 1. The Morgan fingerprint density at radius 1 is 1.35 bits per heavy atom. The first-order valence-corrected chi connectivity index (χ1v) is 6.04. The van der Waals surface area contributed by atoms with E-state index in [0.717, 1.165) is 18.4 Å². The predicted molar refractivity (Wildman–Crippen MR) is 66.2 cm³/mol. The molecule has 0 bridgehead atoms. The maximum absolute atomic E-state index is 13.2. The second-order valence-corrected chi connectivity index (χ2v) is 5.14. The number of imidazole rings is 1. The molecule has 1 saturated carbocycles. The Labute approximate surface area is 99.4 Å². The minimum absolute atomic E-state index is 0.0384. The molecular formula is C13H16FN3. The molecule has 1 aliphatic carbocycles. The van der Waals surface area contributed by atoms with Crippen molar-refractivity contribution in [1.29, 1.82) is 0 Å². The zero-order valence-corrected chi connectivity index (χ0v) is 9.91. The summed E-state index contributed by atoms with van der Waals surface area (Å²) in [6.07, 6.45) is 4.66. The van der Waals surface area contributed by atoms with E-state index in [1.165, 1.54) is 25.0 Å². The normalized spacial score (nSPS) is 18.9. The summed E-state index contributed by atoms with van der Waals surface area (Å²) in [5, 5.41) is 0. The lowest BCUT2D eigenvalue weighted by Gasteiger charge is -2.27. The molecule has 1 fully saturated rings. The van der Waals surface area contributed by atoms with Gasteiger partial charge in [0.15, 0.2) is 0 Å². The Kier molecular flexibility index (Phi) is 2.15. The molecule has 0 aliphatic heterocycles. The molecule has 2 N–H and O–H groups in total. The van der Waals surface area contributed by atoms with Gasteiger partial charge in [0, 0.05) is 11.6 Å². The van der Waals surface area contributed by atoms with Crippen molar-refractivity contribution in [3.8, 4) is 0 Å². The second kappa shape index (κ2) is 3.45. The highest BCUT2D eigenvalue weighted by molar-refractivity contribution is 5.78. The lowest BCUT2D eigenvalue weighted by molar-refractivity contribution is 0.343. The Bertz CT molecular complexity index is 567. The SMILES string of the molecule is CC1(n2c(N)nc3cc(F)ccc32)CCCC1. The predicted octanol–water partition coefficient (Wildman–Crippen LogP) is 3.05. The lowest BCUT2D eigenvalue weighted by Crippen LogP contribution is -2.27. The lowest BCUT2D eigenvalue weighted by atomic mass is 10.00. The second-order valence-electron chi connectivity index (χ2n) is 5.14. The topological polar surface area (TPSA) is 43.8 Å². The minimum atomic E-state index is -0.265. The van der Waals surface area contributed by atoms with E-state index in [4.69, 9.17) is 5.73 Å². The van der Waals surface area contributed by atoms with Gasteiger partial charge in [-0.25, -0.2) is 9.37 Å². The quantitative estimate of drug-likeness (QED) is 0.822. The number of aromatic nitrogens is 2. The molecule has 17 heavy (non-hydrogen) atoms. The molecule has 1 aliphatic rings. The van der Waals surface area contributed by atoms with E-state index >= 15 is 0 Å². The van der Waals surface area contributed by atoms with Gasteiger partial charge in [0.25, 0.3) is 0 Å². The standard InChI is InChI=1S/C13H16FN3/c1-13(6-2-3-7-13)17-11-5-4-9(14)8-10(11)16-12(17)15/h4-5,8H,2-3,6-7H2,1H3,(H2,15,16). The van der Waals surface area contributed by atoms with Crippen LogP contribution in [-0.4, -0.2) is 9.55 Å². The molecule has 3 rings (SSSR count). The molecule has 1 aromatic carbocycles. The van der Waals surface area contributed by atoms with Gasteiger partial charge in [0.05, 0.1) is 11.0 Å². The Morgan fingerprint density at radius 3 is 2.76 bits per heavy atom. The highest BCUT2D eigenvalue weighted by atomic mass is 19.1. The average Bonchev–Trinajstić information content (AvgIpc) is 2.81. The summed E-state index contributed by atoms with van der Waals surface area (Å²) in [6, 6.07) is 4.69. The van der Waals surface area contributed by atoms with Crippen molar-refractivity contribution in [3.63, 3.8) is 0 Å². The molecule has 0 unspecified atom stereocenters. The number of hydrogen-bond acceptors (Lipinski definition) is 2. The van der Waals surface area contributed by atoms with Crippen LogP contribution in [0.3, 0.4) is 0 Å². The van der Waals surface area contributed by atoms with Gasteiger partial charge in [-0.3, -0.25) is 0 Å². The van der Waals surface area contributed by atoms with Gasteiger partial charge < -0.3 is 10.3 Å². The largest absolute Gasteiger partial charge is 0.369 e. The molecule has 1 aromatic heterocycles. The van der Waals surface area contributed by atoms with Crippen molar-refractivity contribution in [2.45, 2.75) is 38.1 Å². The van der Waals surface area contributed by atoms with Crippen LogP contribution in [-0.2, 0) is 5.54 Å². The van der Waals surface area contributed by atoms with Crippen molar-refractivity contribution in [3.05, 3.63) is 24.0 Å². The highest BCUT2D eigenvalue weighted by Crippen LogP contribution is 2.39. The molecule has 2 aromatic rings. The van der Waals surface area contributed by atoms with Crippen LogP contribution in [0.15, 0.2) is 18.2 Å². The molecular weight excluding hydrogens is 217 g/mol. The van der Waals surface area contributed by atoms with Gasteiger partial charge in [-0.2, -0.15) is 0 Å². The molecule has 0 radical (unpaired) electrons. The van der Waals surface area contributed by atoms with Gasteiger partial charge in [0.1, 0.15) is 5.82 Å². The molecule has 0 spiro atoms. The maximum Gasteiger partial charge on any atom is 0.201 e. The minimum Gasteiger partial charge on any atom is -0.369 e. The van der Waals surface area contributed by atoms with Crippen molar-refractivity contribution >= 4 is 17.0 Å². The van der Waals surface area contributed by atoms with E-state index in [2.05, 4.69) is 16.5 Å². The molecule has 3 nitrogen and oxygen atoms in total. The van der Waals surface area contributed by atoms with Crippen molar-refractivity contribution in [2.24, 2.45) is 0 Å². The third-order valence-corrected chi connectivity index (χ3v) is 3.86. The van der Waals surface area contributed by atoms with Crippen LogP contribution in [0.25, 0.3) is 11.0 Å². The fourth-order valence-electron chi connectivity index (χ4n) is 3.00. The number of nitrogen functional groups attached to an aromatic ring is 1. The van der Waals surface area contributed by atoms with E-state index in [1.54, 1.807) is 6.07 Å². The molecule has 4 heteroatoms. The van der Waals surface area contributed by atoms with E-state index < -0.39 is 0 Å². The third-order valence-electron chi connectivity index (χ3n) is 3.86. The maximum atomic E-state index is 13.2. The highest BCUT2D eigenvalue weighted by Gasteiger charge is 2.33. The summed E-state index contributed by atoms with van der Waals surface area (Å²) in [7, 11) is 0. The number of nitrogens with two attached hydrogens (primary N) is 1. The van der Waals surface area contributed by atoms with Gasteiger partial charge in [-0.15, -0.1) is 0 Å². The number of nitrogens with zero attached hydrogens (tertiary/aromatic N) is 2. The molecule has 0 atom stereocenters. The number of benzene rings is 1. The fraction of sp³-hybridized carbons (Fsp3) is 0.462. The smallest absolute Gasteiger partial charge is 0.201 e. The van der Waals surface area contributed by atoms with Gasteiger partial charge in [0.2, 0.25) is 5.95 Å². The summed E-state index contributed by atoms with van der Waals surface area (Å²) in [4.78, 5) is 4.26. The van der Waals surface area contributed by atoms with Gasteiger partial charge in [-0.1, -0.05) is 12.8 Å². The first-order chi connectivity index (χ1) is 8.10. The van der Waals surface area contributed by atoms with Crippen LogP contribution in [0.4, 0.5) is 10.3 Å². The molecule has 0 amide bonds. The first-order valence-electron chi connectivity index (χ1n) is 6.04. The van der Waals surface area contributed by atoms with E-state index in [1.807, 2.05) is 0 Å². The van der Waals surface area contributed by atoms with E-state index in [0.29, 0.717) is 11.5 Å². The number of rotatable bonds is 1. The van der Waals surface area contributed by atoms with Crippen LogP contribution in [0.1, 0.15) is 32.6 Å². The van der Waals surface area contributed by atoms with Crippen LogP contribution >= 0.6 is 0 Å². The summed E-state index contributed by atoms with van der Waals surface area (Å²) in [6.45, 7) is 2.21. The average molecular weight is 233 g/mol. The Balaban J connectivity index is 2.25. The first kappa shape index (κ1) is 10.6. The van der Waals surface area contributed by atoms with Gasteiger partial charge in [-0.05, 0) is 31.9 Å². The third kappa shape index (κ3) is 1.51. The summed E-state index contributed by atoms with van der Waals surface area (Å²) in [5.74, 6) is 0.230. The van der Waals surface area contributed by atoms with Crippen molar-refractivity contribution < 1.29 is 4.39 Å². The van der Waals surface area contributed by atoms with Gasteiger partial charge >= 0.3 is 0 Å². The van der Waals surface area contributed by atoms with Crippen LogP contribution < -0.4 is 5.73 Å². The van der Waals surface area contributed by atoms with Crippen molar-refractivity contribution in [2.75, 3.05) is 5.73 Å². The summed E-state index contributed by atoms with van der Waals surface area (Å²) < 4.78 is 15.2. The number of anilines is 1. The number of halogens is 1. The zero-order chi connectivity index (χ0) is 12.0. The Morgan fingerprint density at radius 2 is 2.06 bits per heavy atom. The van der Waals surface area contributed by atoms with Crippen LogP contribution in [0, 0.1) is 5.82 Å². The fourth-order valence-corrected chi connectivity index (χ4v) is 3.00. The zero-order valence-electron chi connectivity index (χ0n) is 9.91. The molecule has 90 valence electrons. The van der Waals surface area contributed by atoms with E-state index in [9.17, 15) is 4.39 Å². The van der Waals surface area contributed by atoms with Crippen LogP contribution in [0.2, 0.25) is 0 Å². The summed E-state index contributed by atoms with van der Waals surface area (Å²) >= 11 is 0. The van der Waals surface area contributed by atoms with Crippen LogP contribution in [0.5, 0.6) is 0 Å². The van der Waals surface area contributed by atoms with Crippen molar-refractivity contribution in [1.82, 2.24) is 9.55 Å². The van der Waals surface area contributed by atoms with E-state index in [-0.39, 0.29) is 11.4 Å².